The van der Waals surface area contributed by atoms with Crippen LogP contribution >= 0.6 is 0 Å². The minimum atomic E-state index is -1.84. The molecule has 1 aromatic rings. The van der Waals surface area contributed by atoms with E-state index in [1.54, 1.807) is 0 Å². The second-order valence-corrected chi connectivity index (χ2v) is 3.25. The molecule has 0 saturated heterocycles. The molecule has 0 spiro atoms. The van der Waals surface area contributed by atoms with Gasteiger partial charge >= 0.3 is 0 Å². The smallest absolute Gasteiger partial charge is 0.207 e. The van der Waals surface area contributed by atoms with Crippen molar-refractivity contribution in [3.63, 3.8) is 0 Å². The molecule has 0 unspecified atom stereocenters. The van der Waals surface area contributed by atoms with Crippen LogP contribution < -0.4 is 4.74 Å². The van der Waals surface area contributed by atoms with Crippen molar-refractivity contribution in [2.75, 3.05) is 0 Å². The van der Waals surface area contributed by atoms with Crippen molar-refractivity contribution in [2.45, 2.75) is 18.9 Å². The maximum absolute atomic E-state index is 13.0. The molecule has 1 aliphatic rings. The van der Waals surface area contributed by atoms with Crippen LogP contribution in [0.4, 0.5) is 17.6 Å². The first-order valence-corrected chi connectivity index (χ1v) is 4.24. The Labute approximate surface area is 82.1 Å². The average molecular weight is 222 g/mol. The summed E-state index contributed by atoms with van der Waals surface area (Å²) < 4.78 is 56.3. The van der Waals surface area contributed by atoms with Crippen LogP contribution in [-0.4, -0.2) is 11.2 Å². The Hall–Kier alpha value is -1.46. The molecule has 6 heteroatoms. The lowest BCUT2D eigenvalue weighted by atomic mass is 10.2. The number of hydrogen-bond acceptors (Lipinski definition) is 2. The van der Waals surface area contributed by atoms with E-state index in [1.165, 1.54) is 0 Å². The van der Waals surface area contributed by atoms with E-state index >= 15 is 0 Å². The molecule has 0 bridgehead atoms. The monoisotopic (exact) mass is 222 g/mol. The van der Waals surface area contributed by atoms with E-state index in [0.717, 1.165) is 0 Å². The fourth-order valence-electron chi connectivity index (χ4n) is 1.06. The van der Waals surface area contributed by atoms with E-state index in [2.05, 4.69) is 4.74 Å². The molecule has 0 radical (unpaired) electrons. The summed E-state index contributed by atoms with van der Waals surface area (Å²) >= 11 is 0. The fraction of sp³-hybridized carbons (Fsp3) is 0.333. The van der Waals surface area contributed by atoms with Crippen LogP contribution in [-0.2, 0) is 0 Å². The third-order valence-corrected chi connectivity index (χ3v) is 2.01. The Morgan fingerprint density at radius 2 is 1.40 bits per heavy atom. The van der Waals surface area contributed by atoms with Gasteiger partial charge in [0.05, 0.1) is 6.10 Å². The normalized spacial score (nSPS) is 15.5. The van der Waals surface area contributed by atoms with Crippen LogP contribution in [0.3, 0.4) is 0 Å². The van der Waals surface area contributed by atoms with Crippen molar-refractivity contribution < 1.29 is 27.4 Å². The summed E-state index contributed by atoms with van der Waals surface area (Å²) in [6, 6.07) is 0. The summed E-state index contributed by atoms with van der Waals surface area (Å²) in [6.45, 7) is 0. The number of halogens is 4. The van der Waals surface area contributed by atoms with Gasteiger partial charge in [0.15, 0.2) is 11.5 Å². The van der Waals surface area contributed by atoms with Gasteiger partial charge < -0.3 is 9.84 Å². The molecule has 1 aliphatic carbocycles. The van der Waals surface area contributed by atoms with Crippen molar-refractivity contribution in [3.8, 4) is 11.5 Å². The number of ether oxygens (including phenoxy) is 1. The highest BCUT2D eigenvalue weighted by atomic mass is 19.2. The molecule has 1 N–H and O–H groups in total. The Balaban J connectivity index is 2.51. The van der Waals surface area contributed by atoms with E-state index in [-0.39, 0.29) is 0 Å². The van der Waals surface area contributed by atoms with Crippen LogP contribution in [0.2, 0.25) is 0 Å². The molecule has 2 rings (SSSR count). The van der Waals surface area contributed by atoms with Crippen molar-refractivity contribution in [1.29, 1.82) is 0 Å². The summed E-state index contributed by atoms with van der Waals surface area (Å²) in [5.74, 6) is -9.89. The summed E-state index contributed by atoms with van der Waals surface area (Å²) in [5.41, 5.74) is 0. The van der Waals surface area contributed by atoms with E-state index in [0.29, 0.717) is 12.8 Å². The Kier molecular flexibility index (Phi) is 2.21. The second kappa shape index (κ2) is 3.29. The van der Waals surface area contributed by atoms with Crippen molar-refractivity contribution in [1.82, 2.24) is 0 Å². The van der Waals surface area contributed by atoms with Crippen molar-refractivity contribution >= 4 is 0 Å². The van der Waals surface area contributed by atoms with Gasteiger partial charge in [-0.3, -0.25) is 0 Å². The van der Waals surface area contributed by atoms with Gasteiger partial charge in [0.1, 0.15) is 0 Å². The highest BCUT2D eigenvalue weighted by Crippen LogP contribution is 2.36. The zero-order valence-electron chi connectivity index (χ0n) is 7.36. The first kappa shape index (κ1) is 10.1. The predicted octanol–water partition coefficient (Wildman–Crippen LogP) is 2.49. The van der Waals surface area contributed by atoms with Gasteiger partial charge in [0.25, 0.3) is 0 Å². The van der Waals surface area contributed by atoms with Crippen LogP contribution in [0.25, 0.3) is 0 Å². The highest BCUT2D eigenvalue weighted by molar-refractivity contribution is 5.37. The molecule has 1 aromatic carbocycles. The van der Waals surface area contributed by atoms with Crippen LogP contribution in [0.15, 0.2) is 0 Å². The molecule has 15 heavy (non-hydrogen) atoms. The minimum Gasteiger partial charge on any atom is -0.503 e. The van der Waals surface area contributed by atoms with Crippen molar-refractivity contribution in [3.05, 3.63) is 23.3 Å². The highest BCUT2D eigenvalue weighted by Gasteiger charge is 2.31. The molecule has 82 valence electrons. The fourth-order valence-corrected chi connectivity index (χ4v) is 1.06. The first-order valence-electron chi connectivity index (χ1n) is 4.24. The topological polar surface area (TPSA) is 29.5 Å². The van der Waals surface area contributed by atoms with E-state index in [4.69, 9.17) is 5.11 Å². The summed E-state index contributed by atoms with van der Waals surface area (Å²) in [6.07, 6.45) is 0.767. The molecule has 0 aliphatic heterocycles. The van der Waals surface area contributed by atoms with Gasteiger partial charge in [-0.05, 0) is 12.8 Å². The maximum Gasteiger partial charge on any atom is 0.207 e. The van der Waals surface area contributed by atoms with Crippen molar-refractivity contribution in [2.24, 2.45) is 0 Å². The molecule has 2 nitrogen and oxygen atoms in total. The number of rotatable bonds is 2. The summed E-state index contributed by atoms with van der Waals surface area (Å²) in [7, 11) is 0. The first-order chi connectivity index (χ1) is 7.02. The molecular weight excluding hydrogens is 216 g/mol. The number of phenolic OH excluding ortho intramolecular Hbond substituents is 1. The maximum atomic E-state index is 13.0. The summed E-state index contributed by atoms with van der Waals surface area (Å²) in [4.78, 5) is 0. The van der Waals surface area contributed by atoms with Gasteiger partial charge in [-0.25, -0.2) is 0 Å². The molecule has 0 aromatic heterocycles. The predicted molar refractivity (Wildman–Crippen MR) is 41.6 cm³/mol. The van der Waals surface area contributed by atoms with E-state index < -0.39 is 40.9 Å². The standard InChI is InChI=1S/C9H6F4O2/c10-4-6(12)9(15-3-1-2-3)7(13)5(11)8(4)14/h3,14H,1-2H2. The molecule has 0 atom stereocenters. The quantitative estimate of drug-likeness (QED) is 0.615. The Morgan fingerprint density at radius 1 is 0.933 bits per heavy atom. The number of benzene rings is 1. The van der Waals surface area contributed by atoms with E-state index in [9.17, 15) is 17.6 Å². The lowest BCUT2D eigenvalue weighted by Gasteiger charge is -2.09. The zero-order chi connectivity index (χ0) is 11.2. The number of aromatic hydroxyl groups is 1. The van der Waals surface area contributed by atoms with Gasteiger partial charge in [-0.2, -0.15) is 17.6 Å². The second-order valence-electron chi connectivity index (χ2n) is 3.25. The van der Waals surface area contributed by atoms with Crippen LogP contribution in [0.5, 0.6) is 11.5 Å². The van der Waals surface area contributed by atoms with Gasteiger partial charge in [-0.1, -0.05) is 0 Å². The molecular formula is C9H6F4O2. The van der Waals surface area contributed by atoms with E-state index in [1.807, 2.05) is 0 Å². The van der Waals surface area contributed by atoms with Crippen LogP contribution in [0.1, 0.15) is 12.8 Å². The number of phenols is 1. The lowest BCUT2D eigenvalue weighted by molar-refractivity contribution is 0.252. The Bertz CT molecular complexity index is 386. The lowest BCUT2D eigenvalue weighted by Crippen LogP contribution is -2.05. The average Bonchev–Trinajstić information content (AvgIpc) is 3.02. The minimum absolute atomic E-state index is 0.405. The molecule has 1 saturated carbocycles. The summed E-state index contributed by atoms with van der Waals surface area (Å²) in [5, 5.41) is 8.66. The molecule has 1 fully saturated rings. The van der Waals surface area contributed by atoms with Gasteiger partial charge in [0, 0.05) is 0 Å². The third kappa shape index (κ3) is 1.60. The molecule has 0 heterocycles. The zero-order valence-corrected chi connectivity index (χ0v) is 7.36. The van der Waals surface area contributed by atoms with Crippen LogP contribution in [0, 0.1) is 23.3 Å². The number of hydrogen-bond donors (Lipinski definition) is 1. The third-order valence-electron chi connectivity index (χ3n) is 2.01. The molecule has 0 amide bonds. The largest absolute Gasteiger partial charge is 0.503 e. The Morgan fingerprint density at radius 3 is 1.80 bits per heavy atom. The van der Waals surface area contributed by atoms with Gasteiger partial charge in [-0.15, -0.1) is 0 Å². The van der Waals surface area contributed by atoms with Gasteiger partial charge in [0.2, 0.25) is 23.3 Å². The SMILES string of the molecule is Oc1c(F)c(F)c(OC2CC2)c(F)c1F.